The number of aromatic nitrogens is 1. The van der Waals surface area contributed by atoms with E-state index < -0.39 is 0 Å². The van der Waals surface area contributed by atoms with Crippen molar-refractivity contribution in [2.45, 2.75) is 6.92 Å². The van der Waals surface area contributed by atoms with Gasteiger partial charge in [0.1, 0.15) is 0 Å². The van der Waals surface area contributed by atoms with Crippen LogP contribution in [0.5, 0.6) is 0 Å². The zero-order valence-corrected chi connectivity index (χ0v) is 9.64. The molecule has 0 aliphatic heterocycles. The highest BCUT2D eigenvalue weighted by Crippen LogP contribution is 2.25. The Balaban J connectivity index is 2.58. The van der Waals surface area contributed by atoms with Crippen LogP contribution in [-0.2, 0) is 0 Å². The molecule has 0 aliphatic rings. The van der Waals surface area contributed by atoms with Crippen LogP contribution in [0.15, 0.2) is 30.5 Å². The number of fused-ring (bicyclic) bond motifs is 1. The number of para-hydroxylation sites is 1. The van der Waals surface area contributed by atoms with E-state index in [0.29, 0.717) is 6.54 Å². The molecule has 3 heteroatoms. The number of rotatable bonds is 3. The number of anilines is 1. The van der Waals surface area contributed by atoms with Crippen LogP contribution in [0.4, 0.5) is 5.69 Å². The molecule has 3 nitrogen and oxygen atoms in total. The minimum absolute atomic E-state index is 0.159. The predicted octanol–water partition coefficient (Wildman–Crippen LogP) is 1.97. The molecule has 0 amide bonds. The van der Waals surface area contributed by atoms with Crippen molar-refractivity contribution in [2.75, 3.05) is 25.1 Å². The zero-order valence-electron chi connectivity index (χ0n) is 9.64. The zero-order chi connectivity index (χ0) is 11.5. The Kier molecular flexibility index (Phi) is 3.06. The molecule has 0 unspecified atom stereocenters. The number of likely N-dealkylation sites (N-methyl/N-ethyl adjacent to an activating group) is 1. The van der Waals surface area contributed by atoms with Crippen molar-refractivity contribution in [3.63, 3.8) is 0 Å². The standard InChI is InChI=1S/C13H16N2O/c1-10-4-3-5-11-12(15(2)8-9-16)6-7-14-13(10)11/h3-7,16H,8-9H2,1-2H3. The van der Waals surface area contributed by atoms with Crippen LogP contribution in [0.1, 0.15) is 5.56 Å². The van der Waals surface area contributed by atoms with Gasteiger partial charge in [0.2, 0.25) is 0 Å². The lowest BCUT2D eigenvalue weighted by Gasteiger charge is -2.20. The molecule has 0 saturated heterocycles. The van der Waals surface area contributed by atoms with Gasteiger partial charge in [-0.25, -0.2) is 0 Å². The van der Waals surface area contributed by atoms with Gasteiger partial charge in [-0.15, -0.1) is 0 Å². The minimum atomic E-state index is 0.159. The van der Waals surface area contributed by atoms with Crippen LogP contribution in [0, 0.1) is 6.92 Å². The van der Waals surface area contributed by atoms with Gasteiger partial charge in [-0.05, 0) is 18.6 Å². The lowest BCUT2D eigenvalue weighted by molar-refractivity contribution is 0.304. The van der Waals surface area contributed by atoms with Crippen LogP contribution in [0.2, 0.25) is 0 Å². The molecular formula is C13H16N2O. The molecule has 0 fully saturated rings. The molecule has 0 aliphatic carbocycles. The monoisotopic (exact) mass is 216 g/mol. The number of hydrogen-bond donors (Lipinski definition) is 1. The number of pyridine rings is 1. The Morgan fingerprint density at radius 3 is 2.88 bits per heavy atom. The molecular weight excluding hydrogens is 200 g/mol. The average molecular weight is 216 g/mol. The third-order valence-corrected chi connectivity index (χ3v) is 2.80. The van der Waals surface area contributed by atoms with Crippen LogP contribution < -0.4 is 4.90 Å². The van der Waals surface area contributed by atoms with E-state index in [1.54, 1.807) is 0 Å². The van der Waals surface area contributed by atoms with Gasteiger partial charge >= 0.3 is 0 Å². The van der Waals surface area contributed by atoms with E-state index in [9.17, 15) is 0 Å². The van der Waals surface area contributed by atoms with Gasteiger partial charge in [0.25, 0.3) is 0 Å². The van der Waals surface area contributed by atoms with Crippen molar-refractivity contribution < 1.29 is 5.11 Å². The first-order chi connectivity index (χ1) is 7.74. The fourth-order valence-electron chi connectivity index (χ4n) is 1.91. The van der Waals surface area contributed by atoms with Crippen molar-refractivity contribution >= 4 is 16.6 Å². The maximum absolute atomic E-state index is 8.97. The fourth-order valence-corrected chi connectivity index (χ4v) is 1.91. The molecule has 1 heterocycles. The Bertz CT molecular complexity index is 496. The normalized spacial score (nSPS) is 10.7. The van der Waals surface area contributed by atoms with E-state index in [2.05, 4.69) is 24.0 Å². The molecule has 16 heavy (non-hydrogen) atoms. The second-order valence-corrected chi connectivity index (χ2v) is 3.95. The SMILES string of the molecule is Cc1cccc2c(N(C)CCO)ccnc12. The molecule has 0 saturated carbocycles. The topological polar surface area (TPSA) is 36.4 Å². The Morgan fingerprint density at radius 2 is 2.12 bits per heavy atom. The molecule has 2 aromatic rings. The first-order valence-corrected chi connectivity index (χ1v) is 5.40. The molecule has 0 bridgehead atoms. The highest BCUT2D eigenvalue weighted by atomic mass is 16.3. The maximum atomic E-state index is 8.97. The van der Waals surface area contributed by atoms with Crippen molar-refractivity contribution in [2.24, 2.45) is 0 Å². The number of aryl methyl sites for hydroxylation is 1. The molecule has 1 aromatic heterocycles. The number of nitrogens with zero attached hydrogens (tertiary/aromatic N) is 2. The maximum Gasteiger partial charge on any atom is 0.0751 e. The lowest BCUT2D eigenvalue weighted by atomic mass is 10.1. The number of aliphatic hydroxyl groups excluding tert-OH is 1. The summed E-state index contributed by atoms with van der Waals surface area (Å²) >= 11 is 0. The summed E-state index contributed by atoms with van der Waals surface area (Å²) in [4.78, 5) is 6.44. The first-order valence-electron chi connectivity index (χ1n) is 5.40. The third kappa shape index (κ3) is 1.86. The van der Waals surface area contributed by atoms with Crippen molar-refractivity contribution in [1.29, 1.82) is 0 Å². The summed E-state index contributed by atoms with van der Waals surface area (Å²) in [5, 5.41) is 10.1. The molecule has 0 radical (unpaired) electrons. The van der Waals surface area contributed by atoms with Gasteiger partial charge in [-0.2, -0.15) is 0 Å². The number of benzene rings is 1. The van der Waals surface area contributed by atoms with E-state index >= 15 is 0 Å². The second kappa shape index (κ2) is 4.49. The summed E-state index contributed by atoms with van der Waals surface area (Å²) in [7, 11) is 1.98. The first kappa shape index (κ1) is 10.9. The van der Waals surface area contributed by atoms with Gasteiger partial charge in [0.15, 0.2) is 0 Å². The highest BCUT2D eigenvalue weighted by Gasteiger charge is 2.06. The predicted molar refractivity (Wildman–Crippen MR) is 66.8 cm³/mol. The molecule has 2 rings (SSSR count). The second-order valence-electron chi connectivity index (χ2n) is 3.95. The van der Waals surface area contributed by atoms with Crippen molar-refractivity contribution in [1.82, 2.24) is 4.98 Å². The highest BCUT2D eigenvalue weighted by molar-refractivity contribution is 5.93. The summed E-state index contributed by atoms with van der Waals surface area (Å²) in [5.41, 5.74) is 3.32. The Hall–Kier alpha value is -1.61. The van der Waals surface area contributed by atoms with Crippen molar-refractivity contribution in [3.05, 3.63) is 36.0 Å². The van der Waals surface area contributed by atoms with E-state index in [4.69, 9.17) is 5.11 Å². The quantitative estimate of drug-likeness (QED) is 0.852. The van der Waals surface area contributed by atoms with Gasteiger partial charge in [0.05, 0.1) is 12.1 Å². The van der Waals surface area contributed by atoms with Crippen molar-refractivity contribution in [3.8, 4) is 0 Å². The largest absolute Gasteiger partial charge is 0.395 e. The Labute approximate surface area is 95.3 Å². The van der Waals surface area contributed by atoms with E-state index in [0.717, 1.165) is 16.6 Å². The lowest BCUT2D eigenvalue weighted by Crippen LogP contribution is -2.21. The van der Waals surface area contributed by atoms with Crippen LogP contribution in [-0.4, -0.2) is 30.3 Å². The van der Waals surface area contributed by atoms with E-state index in [1.165, 1.54) is 5.56 Å². The van der Waals surface area contributed by atoms with Gasteiger partial charge in [-0.1, -0.05) is 18.2 Å². The third-order valence-electron chi connectivity index (χ3n) is 2.80. The summed E-state index contributed by atoms with van der Waals surface area (Å²) in [6.45, 7) is 2.85. The molecule has 1 N–H and O–H groups in total. The summed E-state index contributed by atoms with van der Waals surface area (Å²) in [5.74, 6) is 0. The Morgan fingerprint density at radius 1 is 1.31 bits per heavy atom. The van der Waals surface area contributed by atoms with E-state index in [1.807, 2.05) is 30.3 Å². The van der Waals surface area contributed by atoms with Gasteiger partial charge in [0, 0.05) is 30.9 Å². The molecule has 0 spiro atoms. The number of aliphatic hydroxyl groups is 1. The molecule has 0 atom stereocenters. The minimum Gasteiger partial charge on any atom is -0.395 e. The fraction of sp³-hybridized carbons (Fsp3) is 0.308. The van der Waals surface area contributed by atoms with Crippen LogP contribution >= 0.6 is 0 Å². The van der Waals surface area contributed by atoms with Crippen LogP contribution in [0.25, 0.3) is 10.9 Å². The average Bonchev–Trinajstić information content (AvgIpc) is 2.29. The van der Waals surface area contributed by atoms with Crippen LogP contribution in [0.3, 0.4) is 0 Å². The van der Waals surface area contributed by atoms with Gasteiger partial charge in [-0.3, -0.25) is 4.98 Å². The van der Waals surface area contributed by atoms with E-state index in [-0.39, 0.29) is 6.61 Å². The van der Waals surface area contributed by atoms with Gasteiger partial charge < -0.3 is 10.0 Å². The summed E-state index contributed by atoms with van der Waals surface area (Å²) < 4.78 is 0. The molecule has 84 valence electrons. The number of hydrogen-bond acceptors (Lipinski definition) is 3. The molecule has 1 aromatic carbocycles. The smallest absolute Gasteiger partial charge is 0.0751 e. The summed E-state index contributed by atoms with van der Waals surface area (Å²) in [6, 6.07) is 8.15. The summed E-state index contributed by atoms with van der Waals surface area (Å²) in [6.07, 6.45) is 1.82.